The fourth-order valence-corrected chi connectivity index (χ4v) is 3.29. The van der Waals surface area contributed by atoms with Crippen molar-refractivity contribution in [1.82, 2.24) is 29.3 Å². The van der Waals surface area contributed by atoms with E-state index in [9.17, 15) is 13.6 Å². The summed E-state index contributed by atoms with van der Waals surface area (Å²) in [6.45, 7) is 1.58. The molecule has 30 heavy (non-hydrogen) atoms. The Morgan fingerprint density at radius 1 is 1.27 bits per heavy atom. The van der Waals surface area contributed by atoms with Crippen LogP contribution < -0.4 is 10.3 Å². The van der Waals surface area contributed by atoms with Gasteiger partial charge in [-0.15, -0.1) is 0 Å². The largest absolute Gasteiger partial charge is 0.497 e. The minimum absolute atomic E-state index is 0.100. The summed E-state index contributed by atoms with van der Waals surface area (Å²) in [6, 6.07) is 7.65. The number of rotatable bonds is 7. The van der Waals surface area contributed by atoms with Gasteiger partial charge in [0.2, 0.25) is 0 Å². The lowest BCUT2D eigenvalue weighted by Gasteiger charge is -2.09. The summed E-state index contributed by atoms with van der Waals surface area (Å²) >= 11 is 0. The predicted octanol–water partition coefficient (Wildman–Crippen LogP) is 2.87. The Bertz CT molecular complexity index is 1240. The molecule has 0 spiro atoms. The zero-order valence-electron chi connectivity index (χ0n) is 16.5. The first kappa shape index (κ1) is 19.7. The van der Waals surface area contributed by atoms with Crippen LogP contribution in [0.4, 0.5) is 8.78 Å². The number of imidazole rings is 1. The number of nitrogens with one attached hydrogen (secondary N) is 1. The Balaban J connectivity index is 1.67. The topological polar surface area (TPSA) is 90.6 Å². The smallest absolute Gasteiger partial charge is 0.279 e. The molecule has 0 amide bonds. The molecule has 156 valence electrons. The summed E-state index contributed by atoms with van der Waals surface area (Å²) in [6.07, 6.45) is 1.11. The van der Waals surface area contributed by atoms with E-state index in [-0.39, 0.29) is 17.0 Å². The van der Waals surface area contributed by atoms with Crippen molar-refractivity contribution in [3.8, 4) is 17.1 Å². The number of nitrogens with zero attached hydrogens (tertiary/aromatic N) is 5. The summed E-state index contributed by atoms with van der Waals surface area (Å²) in [4.78, 5) is 24.3. The number of methoxy groups -OCH3 is 1. The van der Waals surface area contributed by atoms with E-state index < -0.39 is 18.5 Å². The van der Waals surface area contributed by atoms with Gasteiger partial charge in [-0.2, -0.15) is 5.10 Å². The number of hydrogen-bond acceptors (Lipinski definition) is 5. The maximum Gasteiger partial charge on any atom is 0.279 e. The number of ether oxygens (including phenoxy) is 1. The average Bonchev–Trinajstić information content (AvgIpc) is 3.37. The molecule has 8 nitrogen and oxygen atoms in total. The Labute approximate surface area is 170 Å². The van der Waals surface area contributed by atoms with Gasteiger partial charge in [-0.05, 0) is 17.7 Å². The third-order valence-corrected chi connectivity index (χ3v) is 4.71. The van der Waals surface area contributed by atoms with Crippen molar-refractivity contribution in [1.29, 1.82) is 0 Å². The van der Waals surface area contributed by atoms with Crippen LogP contribution in [-0.2, 0) is 19.5 Å². The maximum absolute atomic E-state index is 12.9. The molecule has 4 aromatic rings. The molecule has 0 radical (unpaired) electrons. The van der Waals surface area contributed by atoms with Crippen LogP contribution in [-0.4, -0.2) is 42.8 Å². The number of aromatic nitrogens is 6. The van der Waals surface area contributed by atoms with Crippen LogP contribution in [0.15, 0.2) is 41.5 Å². The highest BCUT2D eigenvalue weighted by atomic mass is 19.3. The first-order valence-electron chi connectivity index (χ1n) is 9.41. The summed E-state index contributed by atoms with van der Waals surface area (Å²) in [5.41, 5.74) is 1.42. The lowest BCUT2D eigenvalue weighted by Crippen LogP contribution is -2.28. The third-order valence-electron chi connectivity index (χ3n) is 4.71. The first-order valence-corrected chi connectivity index (χ1v) is 9.41. The zero-order chi connectivity index (χ0) is 21.3. The molecule has 4 rings (SSSR count). The quantitative estimate of drug-likeness (QED) is 0.502. The van der Waals surface area contributed by atoms with E-state index in [0.717, 1.165) is 15.9 Å². The predicted molar refractivity (Wildman–Crippen MR) is 107 cm³/mol. The van der Waals surface area contributed by atoms with Crippen LogP contribution in [0.3, 0.4) is 0 Å². The van der Waals surface area contributed by atoms with Gasteiger partial charge in [-0.25, -0.2) is 18.7 Å². The minimum Gasteiger partial charge on any atom is -0.497 e. The van der Waals surface area contributed by atoms with E-state index in [4.69, 9.17) is 4.74 Å². The Morgan fingerprint density at radius 3 is 2.83 bits per heavy atom. The number of alkyl halides is 2. The van der Waals surface area contributed by atoms with E-state index in [1.54, 1.807) is 31.1 Å². The van der Waals surface area contributed by atoms with E-state index in [1.807, 2.05) is 24.3 Å². The molecule has 0 unspecified atom stereocenters. The molecular formula is C20H20F2N6O2. The van der Waals surface area contributed by atoms with Crippen LogP contribution >= 0.6 is 0 Å². The fraction of sp³-hybridized carbons (Fsp3) is 0.300. The maximum atomic E-state index is 12.9. The normalized spacial score (nSPS) is 11.5. The van der Waals surface area contributed by atoms with Gasteiger partial charge in [0.25, 0.3) is 12.0 Å². The highest BCUT2D eigenvalue weighted by molar-refractivity contribution is 5.74. The van der Waals surface area contributed by atoms with Gasteiger partial charge in [0.15, 0.2) is 11.2 Å². The molecule has 1 N–H and O–H groups in total. The van der Waals surface area contributed by atoms with E-state index in [2.05, 4.69) is 20.1 Å². The van der Waals surface area contributed by atoms with Crippen molar-refractivity contribution in [2.75, 3.05) is 7.11 Å². The molecule has 0 saturated carbocycles. The van der Waals surface area contributed by atoms with Gasteiger partial charge < -0.3 is 9.72 Å². The number of benzene rings is 1. The fourth-order valence-electron chi connectivity index (χ4n) is 3.29. The summed E-state index contributed by atoms with van der Waals surface area (Å²) in [5.74, 6) is 1.44. The number of fused-ring (bicyclic) bond motifs is 1. The number of halogens is 2. The molecule has 0 saturated heterocycles. The minimum atomic E-state index is -2.65. The second-order valence-electron chi connectivity index (χ2n) is 6.75. The second kappa shape index (κ2) is 8.05. The number of H-pyrrole nitrogens is 1. The van der Waals surface area contributed by atoms with Gasteiger partial charge in [0.05, 0.1) is 32.0 Å². The number of hydrogen-bond donors (Lipinski definition) is 1. The molecule has 0 aliphatic carbocycles. The molecule has 3 aromatic heterocycles. The lowest BCUT2D eigenvalue weighted by atomic mass is 10.2. The summed E-state index contributed by atoms with van der Waals surface area (Å²) in [7, 11) is 1.61. The lowest BCUT2D eigenvalue weighted by molar-refractivity contribution is 0.123. The van der Waals surface area contributed by atoms with Crippen molar-refractivity contribution >= 4 is 11.2 Å². The van der Waals surface area contributed by atoms with E-state index in [0.29, 0.717) is 24.4 Å². The molecular weight excluding hydrogens is 394 g/mol. The molecule has 0 fully saturated rings. The Kier molecular flexibility index (Phi) is 5.30. The van der Waals surface area contributed by atoms with Gasteiger partial charge in [0, 0.05) is 12.6 Å². The van der Waals surface area contributed by atoms with E-state index in [1.165, 1.54) is 0 Å². The van der Waals surface area contributed by atoms with Gasteiger partial charge in [-0.1, -0.05) is 19.1 Å². The number of aryl methyl sites for hydroxylation is 1. The molecule has 1 aromatic carbocycles. The van der Waals surface area contributed by atoms with Crippen molar-refractivity contribution in [2.45, 2.75) is 32.9 Å². The van der Waals surface area contributed by atoms with Crippen molar-refractivity contribution in [2.24, 2.45) is 0 Å². The highest BCUT2D eigenvalue weighted by Gasteiger charge is 2.18. The average molecular weight is 414 g/mol. The standard InChI is InChI=1S/C20H20F2N6O2/c1-3-16-24-19-17(20(29)28(16)11-15(21)22)25-18(26-19)13-8-23-27(10-13)9-12-5-4-6-14(7-12)30-2/h4-8,10,15H,3,9,11H2,1-2H3,(H,25,26). The SMILES string of the molecule is CCc1nc2nc(-c3cnn(Cc4cccc(OC)c4)c3)[nH]c2c(=O)n1CC(F)F. The second-order valence-corrected chi connectivity index (χ2v) is 6.75. The van der Waals surface area contributed by atoms with Gasteiger partial charge in [0.1, 0.15) is 17.4 Å². The van der Waals surface area contributed by atoms with Crippen molar-refractivity contribution in [3.63, 3.8) is 0 Å². The van der Waals surface area contributed by atoms with Gasteiger partial charge >= 0.3 is 0 Å². The molecule has 0 bridgehead atoms. The van der Waals surface area contributed by atoms with Crippen molar-refractivity contribution < 1.29 is 13.5 Å². The zero-order valence-corrected chi connectivity index (χ0v) is 16.5. The first-order chi connectivity index (χ1) is 14.5. The summed E-state index contributed by atoms with van der Waals surface area (Å²) in [5, 5.41) is 4.34. The Morgan fingerprint density at radius 2 is 2.10 bits per heavy atom. The van der Waals surface area contributed by atoms with Crippen LogP contribution in [0, 0.1) is 0 Å². The Hall–Kier alpha value is -3.56. The van der Waals surface area contributed by atoms with Crippen LogP contribution in [0.5, 0.6) is 5.75 Å². The molecule has 10 heteroatoms. The van der Waals surface area contributed by atoms with Crippen LogP contribution in [0.25, 0.3) is 22.6 Å². The monoisotopic (exact) mass is 414 g/mol. The number of aromatic amines is 1. The molecule has 3 heterocycles. The molecule has 0 aliphatic heterocycles. The molecule has 0 atom stereocenters. The summed E-state index contributed by atoms with van der Waals surface area (Å²) < 4.78 is 33.7. The van der Waals surface area contributed by atoms with E-state index >= 15 is 0 Å². The third kappa shape index (κ3) is 3.80. The van der Waals surface area contributed by atoms with Crippen LogP contribution in [0.2, 0.25) is 0 Å². The molecule has 0 aliphatic rings. The van der Waals surface area contributed by atoms with Crippen molar-refractivity contribution in [3.05, 3.63) is 58.4 Å². The highest BCUT2D eigenvalue weighted by Crippen LogP contribution is 2.19. The van der Waals surface area contributed by atoms with Gasteiger partial charge in [-0.3, -0.25) is 14.0 Å². The van der Waals surface area contributed by atoms with Crippen LogP contribution in [0.1, 0.15) is 18.3 Å².